The highest BCUT2D eigenvalue weighted by atomic mass is 16.8. The molecule has 6 nitrogen and oxygen atoms in total. The number of fused-ring (bicyclic) bond motifs is 2. The van der Waals surface area contributed by atoms with E-state index in [4.69, 9.17) is 5.21 Å². The predicted octanol–water partition coefficient (Wildman–Crippen LogP) is 0.526. The van der Waals surface area contributed by atoms with Crippen LogP contribution in [-0.4, -0.2) is 14.8 Å². The van der Waals surface area contributed by atoms with Gasteiger partial charge >= 0.3 is 0 Å². The number of hydrogen-bond acceptors (Lipinski definition) is 4. The second-order valence-electron chi connectivity index (χ2n) is 4.83. The van der Waals surface area contributed by atoms with Gasteiger partial charge in [0, 0.05) is 25.1 Å². The Morgan fingerprint density at radius 3 is 2.95 bits per heavy atom. The minimum atomic E-state index is -1.00. The lowest BCUT2D eigenvalue weighted by atomic mass is 10.2. The monoisotopic (exact) mass is 261 g/mol. The number of aromatic nitrogens is 2. The summed E-state index contributed by atoms with van der Waals surface area (Å²) in [5.41, 5.74) is 0.592. The molecule has 19 heavy (non-hydrogen) atoms. The van der Waals surface area contributed by atoms with Gasteiger partial charge in [0.25, 0.3) is 5.56 Å². The first-order chi connectivity index (χ1) is 9.16. The van der Waals surface area contributed by atoms with Crippen molar-refractivity contribution in [2.75, 3.05) is 0 Å². The van der Waals surface area contributed by atoms with E-state index in [0.29, 0.717) is 17.4 Å². The van der Waals surface area contributed by atoms with E-state index in [1.54, 1.807) is 10.6 Å². The molecule has 0 bridgehead atoms. The first-order valence-electron chi connectivity index (χ1n) is 6.43. The molecule has 0 saturated carbocycles. The fourth-order valence-corrected chi connectivity index (χ4v) is 2.55. The first kappa shape index (κ1) is 12.3. The molecule has 2 N–H and O–H groups in total. The highest BCUT2D eigenvalue weighted by molar-refractivity contribution is 5.80. The fraction of sp³-hybridized carbons (Fsp3) is 0.385. The van der Waals surface area contributed by atoms with E-state index in [2.05, 4.69) is 4.98 Å². The van der Waals surface area contributed by atoms with E-state index < -0.39 is 5.23 Å². The SMILES string of the molecule is O=c1c2ccc([NH+]([O-])O)cc2nc2n1CCCCC2. The van der Waals surface area contributed by atoms with Crippen LogP contribution in [0.2, 0.25) is 0 Å². The molecule has 6 heteroatoms. The van der Waals surface area contributed by atoms with Gasteiger partial charge in [-0.05, 0) is 18.9 Å². The van der Waals surface area contributed by atoms with Crippen LogP contribution in [0.4, 0.5) is 5.69 Å². The highest BCUT2D eigenvalue weighted by Gasteiger charge is 2.14. The second kappa shape index (κ2) is 4.73. The van der Waals surface area contributed by atoms with Crippen molar-refractivity contribution in [3.05, 3.63) is 39.6 Å². The van der Waals surface area contributed by atoms with Crippen molar-refractivity contribution in [3.8, 4) is 0 Å². The zero-order valence-electron chi connectivity index (χ0n) is 10.4. The fourth-order valence-electron chi connectivity index (χ4n) is 2.55. The number of benzene rings is 1. The highest BCUT2D eigenvalue weighted by Crippen LogP contribution is 2.16. The summed E-state index contributed by atoms with van der Waals surface area (Å²) in [6.45, 7) is 0.706. The summed E-state index contributed by atoms with van der Waals surface area (Å²) in [4.78, 5) is 16.9. The molecule has 2 heterocycles. The Bertz CT molecular complexity index is 679. The summed E-state index contributed by atoms with van der Waals surface area (Å²) in [5.74, 6) is 0.775. The zero-order chi connectivity index (χ0) is 13.4. The summed E-state index contributed by atoms with van der Waals surface area (Å²) in [6, 6.07) is 4.49. The number of quaternary nitrogens is 1. The standard InChI is InChI=1S/C13H15N3O3/c17-13-10-6-5-9(16(18)19)8-11(10)14-12-4-2-1-3-7-15(12)13/h5-6,8,16,18H,1-4,7H2. The number of rotatable bonds is 1. The quantitative estimate of drug-likeness (QED) is 0.733. The Hall–Kier alpha value is -1.76. The predicted molar refractivity (Wildman–Crippen MR) is 69.3 cm³/mol. The second-order valence-corrected chi connectivity index (χ2v) is 4.83. The molecule has 0 spiro atoms. The van der Waals surface area contributed by atoms with Gasteiger partial charge in [0.2, 0.25) is 0 Å². The van der Waals surface area contributed by atoms with Crippen LogP contribution in [0, 0.1) is 5.21 Å². The van der Waals surface area contributed by atoms with E-state index in [1.807, 2.05) is 0 Å². The van der Waals surface area contributed by atoms with Crippen LogP contribution < -0.4 is 10.8 Å². The van der Waals surface area contributed by atoms with Crippen LogP contribution in [0.5, 0.6) is 0 Å². The smallest absolute Gasteiger partial charge is 0.261 e. The Labute approximate surface area is 109 Å². The van der Waals surface area contributed by atoms with E-state index in [1.165, 1.54) is 12.1 Å². The van der Waals surface area contributed by atoms with Crippen molar-refractivity contribution in [2.24, 2.45) is 0 Å². The molecule has 0 fully saturated rings. The topological polar surface area (TPSA) is 82.6 Å². The molecule has 0 saturated heterocycles. The maximum atomic E-state index is 12.4. The third kappa shape index (κ3) is 2.14. The van der Waals surface area contributed by atoms with Gasteiger partial charge in [0.05, 0.1) is 10.9 Å². The Balaban J connectivity index is 2.25. The van der Waals surface area contributed by atoms with Gasteiger partial charge in [-0.15, -0.1) is 0 Å². The molecular weight excluding hydrogens is 246 g/mol. The molecule has 1 unspecified atom stereocenters. The molecule has 0 radical (unpaired) electrons. The third-order valence-electron chi connectivity index (χ3n) is 3.56. The normalized spacial score (nSPS) is 16.9. The van der Waals surface area contributed by atoms with Gasteiger partial charge in [-0.2, -0.15) is 5.23 Å². The van der Waals surface area contributed by atoms with Gasteiger partial charge in [-0.1, -0.05) is 6.42 Å². The van der Waals surface area contributed by atoms with Crippen LogP contribution in [0.1, 0.15) is 25.1 Å². The van der Waals surface area contributed by atoms with Crippen molar-refractivity contribution in [1.82, 2.24) is 9.55 Å². The van der Waals surface area contributed by atoms with Crippen molar-refractivity contribution < 1.29 is 10.4 Å². The number of nitrogens with one attached hydrogen (secondary N) is 1. The molecule has 100 valence electrons. The minimum Gasteiger partial charge on any atom is -0.595 e. The van der Waals surface area contributed by atoms with Crippen LogP contribution in [-0.2, 0) is 13.0 Å². The zero-order valence-corrected chi connectivity index (χ0v) is 10.4. The van der Waals surface area contributed by atoms with Crippen LogP contribution >= 0.6 is 0 Å². The van der Waals surface area contributed by atoms with Crippen LogP contribution in [0.25, 0.3) is 10.9 Å². The lowest BCUT2D eigenvalue weighted by Gasteiger charge is -2.13. The van der Waals surface area contributed by atoms with E-state index >= 15 is 0 Å². The molecule has 1 atom stereocenters. The van der Waals surface area contributed by atoms with Crippen molar-refractivity contribution in [1.29, 1.82) is 0 Å². The van der Waals surface area contributed by atoms with Gasteiger partial charge in [0.15, 0.2) is 5.69 Å². The lowest BCUT2D eigenvalue weighted by Crippen LogP contribution is -2.99. The van der Waals surface area contributed by atoms with Crippen molar-refractivity contribution in [2.45, 2.75) is 32.2 Å². The molecule has 1 aromatic carbocycles. The van der Waals surface area contributed by atoms with E-state index in [9.17, 15) is 10.0 Å². The minimum absolute atomic E-state index is 0.0566. The molecule has 1 aliphatic rings. The Kier molecular flexibility index (Phi) is 3.06. The van der Waals surface area contributed by atoms with E-state index in [-0.39, 0.29) is 11.2 Å². The maximum absolute atomic E-state index is 12.4. The van der Waals surface area contributed by atoms with Crippen LogP contribution in [0.15, 0.2) is 23.0 Å². The molecule has 3 rings (SSSR count). The van der Waals surface area contributed by atoms with E-state index in [0.717, 1.165) is 31.5 Å². The molecular formula is C13H15N3O3. The summed E-state index contributed by atoms with van der Waals surface area (Å²) < 4.78 is 1.73. The average molecular weight is 261 g/mol. The molecule has 0 amide bonds. The number of hydrogen-bond donors (Lipinski definition) is 2. The Morgan fingerprint density at radius 1 is 1.32 bits per heavy atom. The summed E-state index contributed by atoms with van der Waals surface area (Å²) in [7, 11) is 0. The lowest BCUT2D eigenvalue weighted by molar-refractivity contribution is -0.991. The largest absolute Gasteiger partial charge is 0.595 e. The maximum Gasteiger partial charge on any atom is 0.261 e. The van der Waals surface area contributed by atoms with Gasteiger partial charge in [0.1, 0.15) is 5.82 Å². The number of nitrogens with zero attached hydrogens (tertiary/aromatic N) is 2. The summed E-state index contributed by atoms with van der Waals surface area (Å²) in [5, 5.41) is 19.4. The number of aryl methyl sites for hydroxylation is 1. The van der Waals surface area contributed by atoms with Crippen molar-refractivity contribution >= 4 is 16.6 Å². The molecule has 1 aromatic heterocycles. The van der Waals surface area contributed by atoms with Gasteiger partial charge in [-0.25, -0.2) is 10.2 Å². The first-order valence-corrected chi connectivity index (χ1v) is 6.43. The third-order valence-corrected chi connectivity index (χ3v) is 3.56. The van der Waals surface area contributed by atoms with Gasteiger partial charge < -0.3 is 5.21 Å². The molecule has 2 aromatic rings. The van der Waals surface area contributed by atoms with Gasteiger partial charge in [-0.3, -0.25) is 9.36 Å². The van der Waals surface area contributed by atoms with Crippen LogP contribution in [0.3, 0.4) is 0 Å². The summed E-state index contributed by atoms with van der Waals surface area (Å²) in [6.07, 6.45) is 3.89. The summed E-state index contributed by atoms with van der Waals surface area (Å²) >= 11 is 0. The average Bonchev–Trinajstić information content (AvgIpc) is 2.63. The molecule has 0 aliphatic carbocycles. The Morgan fingerprint density at radius 2 is 2.16 bits per heavy atom. The van der Waals surface area contributed by atoms with Crippen molar-refractivity contribution in [3.63, 3.8) is 0 Å². The molecule has 1 aliphatic heterocycles.